The fraction of sp³-hybridized carbons (Fsp3) is 0.200. The molecule has 0 aliphatic rings. The lowest BCUT2D eigenvalue weighted by molar-refractivity contribution is 0.414. The predicted octanol–water partition coefficient (Wildman–Crippen LogP) is 3.95. The molecule has 10 heteroatoms. The lowest BCUT2D eigenvalue weighted by Gasteiger charge is -2.07. The van der Waals surface area contributed by atoms with Crippen LogP contribution in [0.25, 0.3) is 16.3 Å². The molecule has 0 atom stereocenters. The van der Waals surface area contributed by atoms with E-state index >= 15 is 0 Å². The molecule has 0 radical (unpaired) electrons. The molecule has 156 valence electrons. The molecule has 0 amide bonds. The Morgan fingerprint density at radius 1 is 1.13 bits per heavy atom. The van der Waals surface area contributed by atoms with E-state index in [2.05, 4.69) is 14.8 Å². The Balaban J connectivity index is 1.45. The second-order valence-electron chi connectivity index (χ2n) is 6.57. The van der Waals surface area contributed by atoms with Gasteiger partial charge in [0.1, 0.15) is 5.75 Å². The first-order chi connectivity index (χ1) is 14.4. The lowest BCUT2D eigenvalue weighted by Crippen LogP contribution is -2.26. The molecule has 4 aromatic rings. The van der Waals surface area contributed by atoms with Crippen LogP contribution in [0.15, 0.2) is 53.4 Å². The first-order valence-electron chi connectivity index (χ1n) is 9.12. The standard InChI is InChI=1S/C20H19ClN4O3S2/c1-13-18(11-12-22-30(26,27)17-9-7-16(28-2)8-10-17)29-20-23-19(24-25(13)20)14-3-5-15(21)6-4-14/h3-10,22H,11-12H2,1-2H3. The van der Waals surface area contributed by atoms with E-state index in [0.717, 1.165) is 21.1 Å². The van der Waals surface area contributed by atoms with Gasteiger partial charge in [0.25, 0.3) is 0 Å². The van der Waals surface area contributed by atoms with Gasteiger partial charge >= 0.3 is 0 Å². The van der Waals surface area contributed by atoms with Gasteiger partial charge in [-0.2, -0.15) is 4.98 Å². The van der Waals surface area contributed by atoms with Crippen LogP contribution in [0.1, 0.15) is 10.6 Å². The molecular weight excluding hydrogens is 444 g/mol. The van der Waals surface area contributed by atoms with E-state index in [-0.39, 0.29) is 11.4 Å². The van der Waals surface area contributed by atoms with Gasteiger partial charge in [0.2, 0.25) is 15.0 Å². The molecule has 2 aromatic carbocycles. The zero-order valence-electron chi connectivity index (χ0n) is 16.3. The summed E-state index contributed by atoms with van der Waals surface area (Å²) in [6.45, 7) is 2.24. The molecule has 0 fully saturated rings. The number of sulfonamides is 1. The van der Waals surface area contributed by atoms with Crippen LogP contribution in [0.4, 0.5) is 0 Å². The molecule has 0 aliphatic heterocycles. The van der Waals surface area contributed by atoms with E-state index in [0.29, 0.717) is 23.0 Å². The molecule has 4 rings (SSSR count). The predicted molar refractivity (Wildman–Crippen MR) is 118 cm³/mol. The summed E-state index contributed by atoms with van der Waals surface area (Å²) in [4.78, 5) is 6.60. The summed E-state index contributed by atoms with van der Waals surface area (Å²) in [6.07, 6.45) is 0.549. The molecular formula is C20H19ClN4O3S2. The Morgan fingerprint density at radius 2 is 1.83 bits per heavy atom. The van der Waals surface area contributed by atoms with Gasteiger partial charge in [-0.25, -0.2) is 17.7 Å². The Kier molecular flexibility index (Phi) is 5.79. The van der Waals surface area contributed by atoms with Crippen LogP contribution in [0.3, 0.4) is 0 Å². The van der Waals surface area contributed by atoms with E-state index in [1.807, 2.05) is 19.1 Å². The molecule has 2 aromatic heterocycles. The van der Waals surface area contributed by atoms with Crippen molar-refractivity contribution in [1.82, 2.24) is 19.3 Å². The highest BCUT2D eigenvalue weighted by atomic mass is 35.5. The molecule has 0 bridgehead atoms. The van der Waals surface area contributed by atoms with E-state index in [9.17, 15) is 8.42 Å². The number of thiazole rings is 1. The van der Waals surface area contributed by atoms with Crippen molar-refractivity contribution in [2.45, 2.75) is 18.2 Å². The maximum atomic E-state index is 12.5. The Hall–Kier alpha value is -2.46. The number of rotatable bonds is 7. The number of nitrogens with zero attached hydrogens (tertiary/aromatic N) is 3. The summed E-state index contributed by atoms with van der Waals surface area (Å²) >= 11 is 7.44. The fourth-order valence-corrected chi connectivity index (χ4v) is 5.19. The van der Waals surface area contributed by atoms with Crippen molar-refractivity contribution in [3.63, 3.8) is 0 Å². The molecule has 7 nitrogen and oxygen atoms in total. The topological polar surface area (TPSA) is 85.6 Å². The summed E-state index contributed by atoms with van der Waals surface area (Å²) in [5.74, 6) is 1.24. The van der Waals surface area contributed by atoms with E-state index < -0.39 is 10.0 Å². The quantitative estimate of drug-likeness (QED) is 0.449. The Labute approximate surface area is 183 Å². The Morgan fingerprint density at radius 3 is 2.47 bits per heavy atom. The van der Waals surface area contributed by atoms with Crippen molar-refractivity contribution >= 4 is 37.9 Å². The molecule has 0 saturated carbocycles. The normalized spacial score (nSPS) is 11.8. The number of aromatic nitrogens is 3. The minimum atomic E-state index is -3.58. The van der Waals surface area contributed by atoms with Crippen LogP contribution in [-0.2, 0) is 16.4 Å². The smallest absolute Gasteiger partial charge is 0.240 e. The van der Waals surface area contributed by atoms with Crippen LogP contribution in [0.5, 0.6) is 5.75 Å². The highest BCUT2D eigenvalue weighted by molar-refractivity contribution is 7.89. The maximum Gasteiger partial charge on any atom is 0.240 e. The van der Waals surface area contributed by atoms with Crippen LogP contribution in [-0.4, -0.2) is 36.7 Å². The zero-order chi connectivity index (χ0) is 21.3. The largest absolute Gasteiger partial charge is 0.497 e. The van der Waals surface area contributed by atoms with Crippen molar-refractivity contribution in [2.75, 3.05) is 13.7 Å². The summed E-state index contributed by atoms with van der Waals surface area (Å²) < 4.78 is 34.4. The summed E-state index contributed by atoms with van der Waals surface area (Å²) in [5, 5.41) is 5.24. The van der Waals surface area contributed by atoms with Crippen molar-refractivity contribution < 1.29 is 13.2 Å². The summed E-state index contributed by atoms with van der Waals surface area (Å²) in [7, 11) is -2.04. The average molecular weight is 463 g/mol. The van der Waals surface area contributed by atoms with Crippen molar-refractivity contribution in [3.05, 3.63) is 64.1 Å². The van der Waals surface area contributed by atoms with E-state index in [1.165, 1.54) is 30.6 Å². The third kappa shape index (κ3) is 4.20. The van der Waals surface area contributed by atoms with Crippen LogP contribution in [0, 0.1) is 6.92 Å². The minimum Gasteiger partial charge on any atom is -0.497 e. The lowest BCUT2D eigenvalue weighted by atomic mass is 10.2. The third-order valence-electron chi connectivity index (χ3n) is 4.63. The second kappa shape index (κ2) is 8.35. The van der Waals surface area contributed by atoms with Gasteiger partial charge in [0, 0.05) is 22.0 Å². The maximum absolute atomic E-state index is 12.5. The molecule has 30 heavy (non-hydrogen) atoms. The van der Waals surface area contributed by atoms with Crippen LogP contribution < -0.4 is 9.46 Å². The monoisotopic (exact) mass is 462 g/mol. The molecule has 1 N–H and O–H groups in total. The number of hydrogen-bond acceptors (Lipinski definition) is 6. The zero-order valence-corrected chi connectivity index (χ0v) is 18.7. The van der Waals surface area contributed by atoms with Crippen molar-refractivity contribution in [2.24, 2.45) is 0 Å². The van der Waals surface area contributed by atoms with E-state index in [1.54, 1.807) is 28.8 Å². The number of fused-ring (bicyclic) bond motifs is 1. The number of halogens is 1. The van der Waals surface area contributed by atoms with Gasteiger partial charge in [-0.3, -0.25) is 0 Å². The first kappa shape index (κ1) is 20.8. The third-order valence-corrected chi connectivity index (χ3v) is 7.55. The van der Waals surface area contributed by atoms with Gasteiger partial charge < -0.3 is 4.74 Å². The van der Waals surface area contributed by atoms with Crippen molar-refractivity contribution in [1.29, 1.82) is 0 Å². The van der Waals surface area contributed by atoms with E-state index in [4.69, 9.17) is 16.3 Å². The first-order valence-corrected chi connectivity index (χ1v) is 11.8. The molecule has 0 unspecified atom stereocenters. The SMILES string of the molecule is COc1ccc(S(=O)(=O)NCCc2sc3nc(-c4ccc(Cl)cc4)nn3c2C)cc1. The molecule has 0 saturated heterocycles. The summed E-state index contributed by atoms with van der Waals surface area (Å²) in [6, 6.07) is 13.7. The Bertz CT molecular complexity index is 1280. The molecule has 2 heterocycles. The van der Waals surface area contributed by atoms with Crippen LogP contribution in [0.2, 0.25) is 5.02 Å². The van der Waals surface area contributed by atoms with Gasteiger partial charge in [-0.1, -0.05) is 22.9 Å². The summed E-state index contributed by atoms with van der Waals surface area (Å²) in [5.41, 5.74) is 1.84. The minimum absolute atomic E-state index is 0.204. The van der Waals surface area contributed by atoms with Gasteiger partial charge in [0.05, 0.1) is 17.7 Å². The molecule has 0 aliphatic carbocycles. The number of aryl methyl sites for hydroxylation is 1. The average Bonchev–Trinajstić information content (AvgIpc) is 3.28. The second-order valence-corrected chi connectivity index (χ2v) is 9.84. The van der Waals surface area contributed by atoms with Gasteiger partial charge in [-0.15, -0.1) is 5.10 Å². The fourth-order valence-electron chi connectivity index (χ4n) is 2.97. The highest BCUT2D eigenvalue weighted by Crippen LogP contribution is 2.26. The highest BCUT2D eigenvalue weighted by Gasteiger charge is 2.17. The number of nitrogens with one attached hydrogen (secondary N) is 1. The number of methoxy groups -OCH3 is 1. The number of ether oxygens (including phenoxy) is 1. The van der Waals surface area contributed by atoms with Crippen LogP contribution >= 0.6 is 22.9 Å². The van der Waals surface area contributed by atoms with Gasteiger partial charge in [-0.05, 0) is 61.9 Å². The number of hydrogen-bond donors (Lipinski definition) is 1. The molecule has 0 spiro atoms. The van der Waals surface area contributed by atoms with Gasteiger partial charge in [0.15, 0.2) is 5.82 Å². The van der Waals surface area contributed by atoms with Crippen molar-refractivity contribution in [3.8, 4) is 17.1 Å². The number of benzene rings is 2.